The van der Waals surface area contributed by atoms with Crippen molar-refractivity contribution in [3.8, 4) is 16.9 Å². The molecule has 0 radical (unpaired) electrons. The van der Waals surface area contributed by atoms with Crippen LogP contribution in [0.25, 0.3) is 33.1 Å². The average molecular weight is 612 g/mol. The van der Waals surface area contributed by atoms with Crippen LogP contribution < -0.4 is 21.3 Å². The van der Waals surface area contributed by atoms with Crippen LogP contribution in [0.15, 0.2) is 69.3 Å². The van der Waals surface area contributed by atoms with Crippen LogP contribution in [0, 0.1) is 18.8 Å². The van der Waals surface area contributed by atoms with Crippen molar-refractivity contribution in [2.24, 2.45) is 25.9 Å². The Kier molecular flexibility index (Phi) is 7.93. The molecule has 8 nitrogen and oxygen atoms in total. The highest BCUT2D eigenvalue weighted by molar-refractivity contribution is 7.98. The van der Waals surface area contributed by atoms with Crippen molar-refractivity contribution in [3.05, 3.63) is 81.3 Å². The van der Waals surface area contributed by atoms with Crippen LogP contribution >= 0.6 is 11.9 Å². The minimum atomic E-state index is -0.0510. The minimum Gasteiger partial charge on any atom is -0.490 e. The summed E-state index contributed by atoms with van der Waals surface area (Å²) in [6.45, 7) is 5.45. The third kappa shape index (κ3) is 5.30. The second-order valence-electron chi connectivity index (χ2n) is 12.7. The number of hydrogen-bond donors (Lipinski definition) is 1. The van der Waals surface area contributed by atoms with Crippen molar-refractivity contribution in [1.82, 2.24) is 23.0 Å². The first-order valence-electron chi connectivity index (χ1n) is 15.9. The van der Waals surface area contributed by atoms with Crippen LogP contribution in [0.1, 0.15) is 44.1 Å². The second kappa shape index (κ2) is 12.0. The van der Waals surface area contributed by atoms with Gasteiger partial charge in [-0.05, 0) is 106 Å². The molecule has 0 atom stereocenters. The summed E-state index contributed by atoms with van der Waals surface area (Å²) in [5.74, 6) is 1.88. The fraction of sp³-hybridized carbons (Fsp3) is 0.429. The molecule has 1 N–H and O–H groups in total. The van der Waals surface area contributed by atoms with E-state index in [0.717, 1.165) is 70.5 Å². The largest absolute Gasteiger partial charge is 0.490 e. The third-order valence-electron chi connectivity index (χ3n) is 9.67. The lowest BCUT2D eigenvalue weighted by atomic mass is 9.86. The second-order valence-corrected chi connectivity index (χ2v) is 13.7. The summed E-state index contributed by atoms with van der Waals surface area (Å²) < 4.78 is 14.1. The van der Waals surface area contributed by atoms with E-state index >= 15 is 0 Å². The predicted molar refractivity (Wildman–Crippen MR) is 179 cm³/mol. The van der Waals surface area contributed by atoms with Gasteiger partial charge in [0.2, 0.25) is 0 Å². The van der Waals surface area contributed by atoms with Crippen molar-refractivity contribution in [3.63, 3.8) is 0 Å². The first-order valence-corrected chi connectivity index (χ1v) is 16.7. The molecule has 0 spiro atoms. The molecule has 44 heavy (non-hydrogen) atoms. The van der Waals surface area contributed by atoms with Crippen LogP contribution in [0.2, 0.25) is 0 Å². The molecule has 2 fully saturated rings. The SMILES string of the molecule is Cc1ccc(Sn2ccc3c(-c4ccc5c(c4OCC4CCC4)n(CCC4CCNCC4)c(=O)n5C)cn(C)c(=O)c32)cc1. The van der Waals surface area contributed by atoms with Gasteiger partial charge >= 0.3 is 5.69 Å². The third-order valence-corrected chi connectivity index (χ3v) is 10.7. The van der Waals surface area contributed by atoms with Gasteiger partial charge in [0.1, 0.15) is 11.0 Å². The number of pyridine rings is 1. The Balaban J connectivity index is 1.37. The summed E-state index contributed by atoms with van der Waals surface area (Å²) in [6, 6.07) is 14.5. The minimum absolute atomic E-state index is 0.00848. The van der Waals surface area contributed by atoms with Gasteiger partial charge in [-0.25, -0.2) is 4.79 Å². The van der Waals surface area contributed by atoms with E-state index in [-0.39, 0.29) is 11.2 Å². The zero-order chi connectivity index (χ0) is 30.4. The monoisotopic (exact) mass is 611 g/mol. The van der Waals surface area contributed by atoms with Crippen molar-refractivity contribution >= 4 is 33.9 Å². The van der Waals surface area contributed by atoms with Gasteiger partial charge in [0.25, 0.3) is 5.56 Å². The molecule has 7 rings (SSSR count). The molecule has 2 aromatic carbocycles. The number of aryl methyl sites for hydroxylation is 4. The zero-order valence-electron chi connectivity index (χ0n) is 25.8. The van der Waals surface area contributed by atoms with E-state index in [0.29, 0.717) is 30.5 Å². The Hall–Kier alpha value is -3.69. The molecule has 0 unspecified atom stereocenters. The van der Waals surface area contributed by atoms with Gasteiger partial charge in [-0.15, -0.1) is 0 Å². The number of nitrogens with one attached hydrogen (secondary N) is 1. The van der Waals surface area contributed by atoms with E-state index in [1.807, 2.05) is 47.2 Å². The van der Waals surface area contributed by atoms with Gasteiger partial charge < -0.3 is 14.6 Å². The highest BCUT2D eigenvalue weighted by atomic mass is 32.2. The normalized spacial score (nSPS) is 16.2. The van der Waals surface area contributed by atoms with Crippen molar-refractivity contribution in [2.45, 2.75) is 56.9 Å². The molecule has 0 amide bonds. The van der Waals surface area contributed by atoms with Crippen molar-refractivity contribution in [2.75, 3.05) is 19.7 Å². The summed E-state index contributed by atoms with van der Waals surface area (Å²) in [6.07, 6.45) is 10.7. The van der Waals surface area contributed by atoms with E-state index in [4.69, 9.17) is 4.74 Å². The quantitative estimate of drug-likeness (QED) is 0.218. The smallest absolute Gasteiger partial charge is 0.328 e. The molecule has 1 aliphatic heterocycles. The first-order chi connectivity index (χ1) is 21.4. The number of hydrogen-bond acceptors (Lipinski definition) is 5. The maximum atomic E-state index is 13.7. The molecular weight excluding hydrogens is 570 g/mol. The number of rotatable bonds is 9. The molecule has 1 saturated heterocycles. The molecule has 9 heteroatoms. The molecule has 5 aromatic rings. The fourth-order valence-corrected chi connectivity index (χ4v) is 7.59. The summed E-state index contributed by atoms with van der Waals surface area (Å²) in [7, 11) is 3.66. The fourth-order valence-electron chi connectivity index (χ4n) is 6.71. The standard InChI is InChI=1S/C35H41N5O3S/c1-23-7-9-26(10-8-23)44-40-20-16-27-29(21-37(2)34(41)31(27)40)28-11-12-30-32(33(28)43-22-25-5-4-6-25)39(35(42)38(30)3)19-15-24-13-17-36-18-14-24/h7-12,16,20-21,24-25,36H,4-6,13-15,17-19,22H2,1-3H3. The Bertz CT molecular complexity index is 1940. The Morgan fingerprint density at radius 1 is 0.909 bits per heavy atom. The Morgan fingerprint density at radius 3 is 2.41 bits per heavy atom. The van der Waals surface area contributed by atoms with Crippen LogP contribution in [0.3, 0.4) is 0 Å². The molecule has 230 valence electrons. The summed E-state index contributed by atoms with van der Waals surface area (Å²) in [4.78, 5) is 28.3. The number of imidazole rings is 1. The van der Waals surface area contributed by atoms with Gasteiger partial charge in [0.05, 0.1) is 12.1 Å². The Labute approximate surface area is 261 Å². The zero-order valence-corrected chi connectivity index (χ0v) is 26.7. The van der Waals surface area contributed by atoms with Gasteiger partial charge in [-0.3, -0.25) is 17.9 Å². The van der Waals surface area contributed by atoms with Crippen LogP contribution in [-0.2, 0) is 20.6 Å². The molecule has 1 saturated carbocycles. The number of piperidine rings is 1. The number of fused-ring (bicyclic) bond motifs is 2. The first kappa shape index (κ1) is 29.0. The highest BCUT2D eigenvalue weighted by Crippen LogP contribution is 2.41. The van der Waals surface area contributed by atoms with E-state index in [1.54, 1.807) is 9.13 Å². The lowest BCUT2D eigenvalue weighted by Gasteiger charge is -2.26. The van der Waals surface area contributed by atoms with Crippen LogP contribution in [0.4, 0.5) is 0 Å². The van der Waals surface area contributed by atoms with Crippen LogP contribution in [-0.4, -0.2) is 37.4 Å². The van der Waals surface area contributed by atoms with E-state index in [2.05, 4.69) is 42.6 Å². The van der Waals surface area contributed by atoms with Gasteiger partial charge in [0.15, 0.2) is 5.75 Å². The molecule has 4 heterocycles. The van der Waals surface area contributed by atoms with Gasteiger partial charge in [-0.1, -0.05) is 24.1 Å². The lowest BCUT2D eigenvalue weighted by molar-refractivity contribution is 0.182. The number of nitrogens with zero attached hydrogens (tertiary/aromatic N) is 4. The maximum absolute atomic E-state index is 13.7. The predicted octanol–water partition coefficient (Wildman–Crippen LogP) is 6.09. The molecule has 1 aliphatic carbocycles. The molecule has 2 aliphatic rings. The topological polar surface area (TPSA) is 75.1 Å². The Morgan fingerprint density at radius 2 is 1.68 bits per heavy atom. The number of aromatic nitrogens is 4. The van der Waals surface area contributed by atoms with Gasteiger partial charge in [0, 0.05) is 54.4 Å². The molecule has 0 bridgehead atoms. The van der Waals surface area contributed by atoms with Crippen molar-refractivity contribution in [1.29, 1.82) is 0 Å². The highest BCUT2D eigenvalue weighted by Gasteiger charge is 2.26. The molecule has 3 aromatic heterocycles. The van der Waals surface area contributed by atoms with E-state index in [1.165, 1.54) is 36.8 Å². The van der Waals surface area contributed by atoms with Crippen LogP contribution in [0.5, 0.6) is 5.75 Å². The van der Waals surface area contributed by atoms with E-state index in [9.17, 15) is 9.59 Å². The summed E-state index contributed by atoms with van der Waals surface area (Å²) >= 11 is 1.54. The van der Waals surface area contributed by atoms with Crippen molar-refractivity contribution < 1.29 is 4.74 Å². The summed E-state index contributed by atoms with van der Waals surface area (Å²) in [5, 5.41) is 4.33. The van der Waals surface area contributed by atoms with Gasteiger partial charge in [-0.2, -0.15) is 0 Å². The maximum Gasteiger partial charge on any atom is 0.328 e. The summed E-state index contributed by atoms with van der Waals surface area (Å²) in [5.41, 5.74) is 5.35. The lowest BCUT2D eigenvalue weighted by Crippen LogP contribution is -2.29. The molecular formula is C35H41N5O3S. The van der Waals surface area contributed by atoms with E-state index < -0.39 is 0 Å². The number of ether oxygens (including phenoxy) is 1. The number of benzene rings is 2. The average Bonchev–Trinajstić information content (AvgIpc) is 3.53.